The molecule has 0 aromatic heterocycles. The Hall–Kier alpha value is -4.34. The summed E-state index contributed by atoms with van der Waals surface area (Å²) in [6.45, 7) is 3.04. The monoisotopic (exact) mass is 664 g/mol. The van der Waals surface area contributed by atoms with E-state index in [0.717, 1.165) is 22.5 Å². The van der Waals surface area contributed by atoms with Crippen LogP contribution >= 0.6 is 0 Å². The number of methoxy groups -OCH3 is 1. The van der Waals surface area contributed by atoms with Crippen LogP contribution < -0.4 is 20.1 Å². The second-order valence-electron chi connectivity index (χ2n) is 10.9. The molecular weight excluding hydrogens is 629 g/mol. The van der Waals surface area contributed by atoms with Crippen molar-refractivity contribution in [1.29, 1.82) is 0 Å². The number of ether oxygens (including phenoxy) is 2. The fraction of sp³-hybridized carbons (Fsp3) is 0.355. The number of alkyl halides is 3. The molecule has 4 rings (SSSR count). The summed E-state index contributed by atoms with van der Waals surface area (Å²) in [7, 11) is -1.14. The molecule has 46 heavy (non-hydrogen) atoms. The van der Waals surface area contributed by atoms with Gasteiger partial charge in [-0.05, 0) is 61.5 Å². The van der Waals surface area contributed by atoms with Crippen molar-refractivity contribution in [3.05, 3.63) is 77.9 Å². The first kappa shape index (κ1) is 34.5. The number of urea groups is 1. The predicted octanol–water partition coefficient (Wildman–Crippen LogP) is 4.90. The van der Waals surface area contributed by atoms with Crippen molar-refractivity contribution < 1.29 is 45.8 Å². The van der Waals surface area contributed by atoms with Gasteiger partial charge in [-0.15, -0.1) is 0 Å². The topological polar surface area (TPSA) is 138 Å². The normalized spacial score (nSPS) is 17.8. The summed E-state index contributed by atoms with van der Waals surface area (Å²) in [6.07, 6.45) is -5.47. The van der Waals surface area contributed by atoms with Gasteiger partial charge in [0, 0.05) is 25.2 Å². The highest BCUT2D eigenvalue weighted by molar-refractivity contribution is 7.89. The van der Waals surface area contributed by atoms with Gasteiger partial charge in [0.1, 0.15) is 11.9 Å². The van der Waals surface area contributed by atoms with Gasteiger partial charge in [-0.2, -0.15) is 17.5 Å². The van der Waals surface area contributed by atoms with Crippen LogP contribution in [0.4, 0.5) is 29.3 Å². The first-order valence-electron chi connectivity index (χ1n) is 14.2. The van der Waals surface area contributed by atoms with E-state index in [2.05, 4.69) is 10.6 Å². The van der Waals surface area contributed by atoms with Crippen LogP contribution in [0, 0.1) is 5.92 Å². The van der Waals surface area contributed by atoms with Crippen LogP contribution in [0.25, 0.3) is 0 Å². The number of nitrogens with zero attached hydrogens (tertiary/aromatic N) is 2. The third-order valence-electron chi connectivity index (χ3n) is 7.59. The number of nitrogens with one attached hydrogen (secondary N) is 2. The minimum absolute atomic E-state index is 0.0201. The summed E-state index contributed by atoms with van der Waals surface area (Å²) < 4.78 is 79.0. The van der Waals surface area contributed by atoms with E-state index in [1.165, 1.54) is 67.6 Å². The van der Waals surface area contributed by atoms with Crippen molar-refractivity contribution in [3.63, 3.8) is 0 Å². The lowest BCUT2D eigenvalue weighted by molar-refractivity contribution is -0.137. The summed E-state index contributed by atoms with van der Waals surface area (Å²) in [5.41, 5.74) is -1.02. The zero-order chi connectivity index (χ0) is 33.8. The number of hydrogen-bond donors (Lipinski definition) is 3. The van der Waals surface area contributed by atoms with E-state index in [0.29, 0.717) is 5.75 Å². The zero-order valence-electron chi connectivity index (χ0n) is 25.5. The minimum Gasteiger partial charge on any atom is -0.497 e. The molecule has 0 unspecified atom stereocenters. The number of hydrogen-bond acceptors (Lipinski definition) is 7. The van der Waals surface area contributed by atoms with Crippen LogP contribution in [0.2, 0.25) is 0 Å². The predicted molar refractivity (Wildman–Crippen MR) is 165 cm³/mol. The highest BCUT2D eigenvalue weighted by Gasteiger charge is 2.36. The number of sulfonamides is 1. The summed E-state index contributed by atoms with van der Waals surface area (Å²) in [4.78, 5) is 28.1. The van der Waals surface area contributed by atoms with E-state index in [4.69, 9.17) is 9.47 Å². The van der Waals surface area contributed by atoms with Gasteiger partial charge in [-0.25, -0.2) is 13.2 Å². The quantitative estimate of drug-likeness (QED) is 0.296. The number of anilines is 2. The summed E-state index contributed by atoms with van der Waals surface area (Å²) in [5, 5.41) is 14.8. The Balaban J connectivity index is 1.67. The second-order valence-corrected chi connectivity index (χ2v) is 13.0. The number of para-hydroxylation sites is 1. The average Bonchev–Trinajstić information content (AvgIpc) is 3.02. The number of carbonyl (C=O) groups is 2. The van der Waals surface area contributed by atoms with E-state index in [1.807, 2.05) is 0 Å². The molecule has 0 radical (unpaired) electrons. The molecule has 0 saturated carbocycles. The SMILES string of the molecule is COc1ccc(S(=O)(=O)N(C)C[C@@H]2Oc3c(NC(=O)Nc4cccc(C(F)(F)F)c4)cccc3C(=O)N([C@@H](C)CO)C[C@H]2C)cc1. The van der Waals surface area contributed by atoms with Crippen LogP contribution in [0.15, 0.2) is 71.6 Å². The van der Waals surface area contributed by atoms with E-state index < -0.39 is 51.8 Å². The number of fused-ring (bicyclic) bond motifs is 1. The molecule has 0 bridgehead atoms. The Kier molecular flexibility index (Phi) is 10.5. The minimum atomic E-state index is -4.62. The van der Waals surface area contributed by atoms with Gasteiger partial charge < -0.3 is 30.1 Å². The van der Waals surface area contributed by atoms with Gasteiger partial charge >= 0.3 is 12.2 Å². The number of rotatable bonds is 9. The Bertz CT molecular complexity index is 1670. The number of aliphatic hydroxyl groups excluding tert-OH is 1. The number of aliphatic hydroxyl groups is 1. The molecule has 15 heteroatoms. The van der Waals surface area contributed by atoms with Gasteiger partial charge in [0.25, 0.3) is 5.91 Å². The standard InChI is InChI=1S/C31H35F3N4O7S/c1-19-16-38(20(2)18-39)29(40)25-9-6-10-26(36-30(41)35-22-8-5-7-21(15-22)31(32,33)34)28(25)45-27(19)17-37(3)46(42,43)24-13-11-23(44-4)12-14-24/h5-15,19-20,27,39H,16-18H2,1-4H3,(H2,35,36,41)/t19-,20+,27+/m1/s1. The third-order valence-corrected chi connectivity index (χ3v) is 9.43. The molecule has 3 aromatic carbocycles. The van der Waals surface area contributed by atoms with Crippen molar-refractivity contribution in [2.75, 3.05) is 44.5 Å². The lowest BCUT2D eigenvalue weighted by atomic mass is 9.99. The largest absolute Gasteiger partial charge is 0.497 e. The van der Waals surface area contributed by atoms with E-state index in [9.17, 15) is 36.3 Å². The molecule has 3 amide bonds. The molecule has 1 heterocycles. The Morgan fingerprint density at radius 1 is 1.13 bits per heavy atom. The number of benzene rings is 3. The highest BCUT2D eigenvalue weighted by Crippen LogP contribution is 2.36. The molecule has 0 spiro atoms. The zero-order valence-corrected chi connectivity index (χ0v) is 26.4. The number of carbonyl (C=O) groups excluding carboxylic acids is 2. The van der Waals surface area contributed by atoms with Crippen LogP contribution in [0.1, 0.15) is 29.8 Å². The van der Waals surface area contributed by atoms with Crippen LogP contribution in [-0.4, -0.2) is 80.7 Å². The van der Waals surface area contributed by atoms with Gasteiger partial charge in [-0.3, -0.25) is 4.79 Å². The average molecular weight is 665 g/mol. The second kappa shape index (κ2) is 14.0. The maximum absolute atomic E-state index is 13.7. The molecule has 248 valence electrons. The van der Waals surface area contributed by atoms with Gasteiger partial charge in [0.05, 0.1) is 48.0 Å². The maximum atomic E-state index is 13.7. The smallest absolute Gasteiger partial charge is 0.416 e. The molecular formula is C31H35F3N4O7S. The van der Waals surface area contributed by atoms with Crippen molar-refractivity contribution in [1.82, 2.24) is 9.21 Å². The summed E-state index contributed by atoms with van der Waals surface area (Å²) in [5.74, 6) is -0.543. The van der Waals surface area contributed by atoms with Crippen LogP contribution in [0.3, 0.4) is 0 Å². The number of likely N-dealkylation sites (N-methyl/N-ethyl adjacent to an activating group) is 1. The molecule has 0 saturated heterocycles. The number of halogens is 3. The third kappa shape index (κ3) is 7.71. The first-order valence-corrected chi connectivity index (χ1v) is 15.7. The van der Waals surface area contributed by atoms with Gasteiger partial charge in [-0.1, -0.05) is 19.1 Å². The lowest BCUT2D eigenvalue weighted by Gasteiger charge is -2.38. The van der Waals surface area contributed by atoms with Gasteiger partial charge in [0.15, 0.2) is 5.75 Å². The maximum Gasteiger partial charge on any atom is 0.416 e. The van der Waals surface area contributed by atoms with E-state index >= 15 is 0 Å². The summed E-state index contributed by atoms with van der Waals surface area (Å²) >= 11 is 0. The van der Waals surface area contributed by atoms with Gasteiger partial charge in [0.2, 0.25) is 10.0 Å². The molecule has 1 aliphatic rings. The molecule has 3 aromatic rings. The van der Waals surface area contributed by atoms with Crippen molar-refractivity contribution >= 4 is 33.3 Å². The van der Waals surface area contributed by atoms with Crippen molar-refractivity contribution in [2.45, 2.75) is 37.1 Å². The summed E-state index contributed by atoms with van der Waals surface area (Å²) in [6, 6.07) is 12.8. The van der Waals surface area contributed by atoms with Crippen LogP contribution in [-0.2, 0) is 16.2 Å². The molecule has 1 aliphatic heterocycles. The number of amides is 3. The highest BCUT2D eigenvalue weighted by atomic mass is 32.2. The molecule has 3 atom stereocenters. The van der Waals surface area contributed by atoms with Crippen molar-refractivity contribution in [3.8, 4) is 11.5 Å². The van der Waals surface area contributed by atoms with Crippen molar-refractivity contribution in [2.24, 2.45) is 5.92 Å². The van der Waals surface area contributed by atoms with Crippen LogP contribution in [0.5, 0.6) is 11.5 Å². The molecule has 11 nitrogen and oxygen atoms in total. The fourth-order valence-electron chi connectivity index (χ4n) is 4.90. The Labute approximate surface area is 265 Å². The van der Waals surface area contributed by atoms with E-state index in [-0.39, 0.29) is 47.3 Å². The van der Waals surface area contributed by atoms with E-state index in [1.54, 1.807) is 13.8 Å². The first-order chi connectivity index (χ1) is 21.6. The molecule has 0 fully saturated rings. The Morgan fingerprint density at radius 2 is 1.80 bits per heavy atom. The molecule has 3 N–H and O–H groups in total. The lowest BCUT2D eigenvalue weighted by Crippen LogP contribution is -2.50. The Morgan fingerprint density at radius 3 is 2.43 bits per heavy atom. The molecule has 0 aliphatic carbocycles. The fourth-order valence-corrected chi connectivity index (χ4v) is 6.08.